The van der Waals surface area contributed by atoms with Gasteiger partial charge >= 0.3 is 365 Å². The van der Waals surface area contributed by atoms with Crippen molar-refractivity contribution < 1.29 is 4.57 Å². The molecule has 3 rings (SSSR count). The average molecular weight is 901 g/mol. The molecule has 0 spiro atoms. The van der Waals surface area contributed by atoms with Crippen LogP contribution in [0.4, 0.5) is 0 Å². The van der Waals surface area contributed by atoms with Crippen molar-refractivity contribution in [2.75, 3.05) is 0 Å². The first-order chi connectivity index (χ1) is 24.9. The predicted molar refractivity (Wildman–Crippen MR) is 260 cm³/mol. The number of halogens is 2. The standard InChI is InChI=1S/C49H78Cl2GeN2P2/c1-29(2)53-31(5)32(6)54(30(3)4)43(53)52(41(50)55-39-35(46(13,14)15)25-33(44(7,8)9)26-36(39)47(16,17)18)42(51)56-40-37(48(19,20)21)27-34(45(10,11)12)28-38(40)49(22,23)24/h25-30H,1-24H3/q+1. The molecule has 311 valence electrons. The van der Waals surface area contributed by atoms with Gasteiger partial charge in [0.2, 0.25) is 0 Å². The summed E-state index contributed by atoms with van der Waals surface area (Å²) in [6.07, 6.45) is 0. The summed E-state index contributed by atoms with van der Waals surface area (Å²) in [5, 5.41) is 2.70. The summed E-state index contributed by atoms with van der Waals surface area (Å²) >= 11 is 13.4. The Kier molecular flexibility index (Phi) is 14.9. The van der Waals surface area contributed by atoms with Gasteiger partial charge in [0.15, 0.2) is 0 Å². The van der Waals surface area contributed by atoms with Gasteiger partial charge in [-0.1, -0.05) is 0 Å². The van der Waals surface area contributed by atoms with Crippen LogP contribution in [-0.2, 0) is 32.5 Å². The van der Waals surface area contributed by atoms with Crippen molar-refractivity contribution in [1.82, 2.24) is 4.57 Å². The Morgan fingerprint density at radius 1 is 0.536 bits per heavy atom. The molecule has 0 bridgehead atoms. The molecule has 0 amide bonds. The summed E-state index contributed by atoms with van der Waals surface area (Å²) in [5.74, 6) is 0. The molecule has 0 aliphatic rings. The van der Waals surface area contributed by atoms with Crippen molar-refractivity contribution in [2.24, 2.45) is 0 Å². The van der Waals surface area contributed by atoms with Crippen molar-refractivity contribution in [2.45, 2.75) is 211 Å². The summed E-state index contributed by atoms with van der Waals surface area (Å²) in [6, 6.07) is 10.4. The van der Waals surface area contributed by atoms with Crippen LogP contribution in [0.5, 0.6) is 0 Å². The van der Waals surface area contributed by atoms with E-state index in [0.29, 0.717) is 0 Å². The fraction of sp³-hybridized carbons (Fsp3) is 0.653. The Hall–Kier alpha value is -0.887. The van der Waals surface area contributed by atoms with Crippen LogP contribution in [0.15, 0.2) is 24.3 Å². The van der Waals surface area contributed by atoms with E-state index in [4.69, 9.17) is 23.2 Å². The predicted octanol–water partition coefficient (Wildman–Crippen LogP) is 13.4. The number of hydrogen-bond donors (Lipinski definition) is 0. The van der Waals surface area contributed by atoms with Gasteiger partial charge in [-0.15, -0.1) is 0 Å². The Bertz CT molecular complexity index is 1780. The number of benzene rings is 2. The van der Waals surface area contributed by atoms with Crippen molar-refractivity contribution in [3.63, 3.8) is 0 Å². The van der Waals surface area contributed by atoms with Gasteiger partial charge in [0.1, 0.15) is 0 Å². The Morgan fingerprint density at radius 3 is 1.04 bits per heavy atom. The topological polar surface area (TPSA) is 8.81 Å². The van der Waals surface area contributed by atoms with E-state index >= 15 is 0 Å². The van der Waals surface area contributed by atoms with Gasteiger partial charge in [-0.05, 0) is 0 Å². The van der Waals surface area contributed by atoms with Crippen LogP contribution in [-0.4, -0.2) is 26.1 Å². The maximum atomic E-state index is 8.15. The molecule has 0 atom stereocenters. The van der Waals surface area contributed by atoms with E-state index in [-0.39, 0.29) is 44.6 Å². The normalized spacial score (nSPS) is 14.6. The molecule has 2 nitrogen and oxygen atoms in total. The van der Waals surface area contributed by atoms with Crippen LogP contribution in [0.2, 0.25) is 0 Å². The first kappa shape index (κ1) is 49.5. The molecule has 0 aliphatic heterocycles. The van der Waals surface area contributed by atoms with Gasteiger partial charge in [0.25, 0.3) is 0 Å². The molecule has 1 aromatic heterocycles. The van der Waals surface area contributed by atoms with E-state index in [0.717, 1.165) is 23.6 Å². The Balaban J connectivity index is 2.73. The molecular weight excluding hydrogens is 822 g/mol. The van der Waals surface area contributed by atoms with E-state index in [1.807, 2.05) is 0 Å². The SMILES string of the molecule is Cc1c(C)[n+](C(C)C)[c]([Ge]([C](Cl)=Pc2c(C(C)(C)C)cc(C(C)(C)C)cc2C(C)(C)C)[C](Cl)=Pc2c(C(C)(C)C)cc(C(C)(C)C)cc2C(C)(C)C)n1C(C)C. The first-order valence-corrected chi connectivity index (χ1v) is 26.5. The molecule has 0 saturated heterocycles. The summed E-state index contributed by atoms with van der Waals surface area (Å²) < 4.78 is 8.52. The minimum atomic E-state index is -2.87. The van der Waals surface area contributed by atoms with Crippen molar-refractivity contribution in [1.29, 1.82) is 0 Å². The van der Waals surface area contributed by atoms with Crippen LogP contribution in [0.1, 0.15) is 209 Å². The summed E-state index contributed by atoms with van der Waals surface area (Å²) in [6.45, 7) is 56.1. The second-order valence-electron chi connectivity index (χ2n) is 22.9. The third-order valence-corrected chi connectivity index (χ3v) is 22.7. The number of nitrogens with zero attached hydrogens (tertiary/aromatic N) is 2. The zero-order valence-electron chi connectivity index (χ0n) is 40.0. The molecule has 0 saturated carbocycles. The van der Waals surface area contributed by atoms with Crippen LogP contribution in [0.25, 0.3) is 0 Å². The molecule has 3 aromatic rings. The first-order valence-electron chi connectivity index (χ1n) is 20.8. The monoisotopic (exact) mass is 900 g/mol. The van der Waals surface area contributed by atoms with Crippen LogP contribution in [0.3, 0.4) is 0 Å². The van der Waals surface area contributed by atoms with Gasteiger partial charge in [-0.25, -0.2) is 0 Å². The van der Waals surface area contributed by atoms with Crippen LogP contribution in [0, 0.1) is 13.8 Å². The van der Waals surface area contributed by atoms with Crippen molar-refractivity contribution in [3.05, 3.63) is 69.0 Å². The van der Waals surface area contributed by atoms with E-state index in [1.165, 1.54) is 60.0 Å². The number of hydrogen-bond acceptors (Lipinski definition) is 0. The number of imidazole rings is 1. The molecule has 0 unspecified atom stereocenters. The fourth-order valence-electron chi connectivity index (χ4n) is 7.53. The molecular formula is C49H78Cl2GeN2P2+. The summed E-state index contributed by atoms with van der Waals surface area (Å²) in [5.41, 5.74) is 10.6. The van der Waals surface area contributed by atoms with E-state index in [1.54, 1.807) is 0 Å². The fourth-order valence-corrected chi connectivity index (χ4v) is 22.9. The summed E-state index contributed by atoms with van der Waals surface area (Å²) in [4.78, 5) is 0. The second-order valence-corrected chi connectivity index (χ2v) is 34.2. The van der Waals surface area contributed by atoms with Crippen LogP contribution < -0.4 is 19.8 Å². The molecule has 1 radical (unpaired) electrons. The molecule has 0 fully saturated rings. The van der Waals surface area contributed by atoms with E-state index < -0.39 is 14.3 Å². The second kappa shape index (κ2) is 16.9. The van der Waals surface area contributed by atoms with E-state index in [9.17, 15) is 0 Å². The van der Waals surface area contributed by atoms with Gasteiger partial charge in [-0.2, -0.15) is 0 Å². The molecule has 0 N–H and O–H groups in total. The van der Waals surface area contributed by atoms with Gasteiger partial charge in [0, 0.05) is 0 Å². The van der Waals surface area contributed by atoms with Gasteiger partial charge in [-0.3, -0.25) is 0 Å². The average Bonchev–Trinajstić information content (AvgIpc) is 3.23. The molecule has 2 aromatic carbocycles. The summed E-state index contributed by atoms with van der Waals surface area (Å²) in [7, 11) is 2.14. The van der Waals surface area contributed by atoms with Crippen molar-refractivity contribution in [3.8, 4) is 0 Å². The zero-order valence-corrected chi connectivity index (χ0v) is 45.4. The maximum absolute atomic E-state index is 8.15. The Labute approximate surface area is 363 Å². The Morgan fingerprint density at radius 2 is 0.821 bits per heavy atom. The molecule has 7 heteroatoms. The molecule has 1 heterocycles. The minimum absolute atomic E-state index is 0.0198. The quantitative estimate of drug-likeness (QED) is 0.127. The van der Waals surface area contributed by atoms with E-state index in [2.05, 4.69) is 200 Å². The number of rotatable bonds is 7. The van der Waals surface area contributed by atoms with Crippen LogP contribution >= 0.6 is 39.6 Å². The molecule has 0 aliphatic carbocycles. The number of aromatic nitrogens is 2. The third-order valence-electron chi connectivity index (χ3n) is 11.0. The van der Waals surface area contributed by atoms with Crippen molar-refractivity contribution >= 4 is 76.4 Å². The van der Waals surface area contributed by atoms with Gasteiger partial charge in [0.05, 0.1) is 0 Å². The zero-order chi connectivity index (χ0) is 43.6. The molecule has 56 heavy (non-hydrogen) atoms. The third kappa shape index (κ3) is 10.9. The van der Waals surface area contributed by atoms with Gasteiger partial charge < -0.3 is 0 Å².